The second-order valence-corrected chi connectivity index (χ2v) is 8.11. The number of non-ortho nitro benzene ring substituents is 1. The van der Waals surface area contributed by atoms with Crippen LogP contribution < -0.4 is 10.2 Å². The Hall–Kier alpha value is -3.66. The van der Waals surface area contributed by atoms with Crippen molar-refractivity contribution in [2.75, 3.05) is 23.3 Å². The van der Waals surface area contributed by atoms with Crippen LogP contribution in [0, 0.1) is 41.2 Å². The number of hydrogen-bond acceptors (Lipinski definition) is 5. The van der Waals surface area contributed by atoms with Gasteiger partial charge in [0, 0.05) is 42.2 Å². The predicted molar refractivity (Wildman–Crippen MR) is 122 cm³/mol. The van der Waals surface area contributed by atoms with E-state index in [2.05, 4.69) is 17.1 Å². The molecule has 2 aromatic rings. The molecular formula is C24H26N4O3. The molecule has 7 nitrogen and oxygen atoms in total. The molecule has 1 amide bonds. The minimum atomic E-state index is -0.541. The first-order valence-electron chi connectivity index (χ1n) is 10.3. The molecule has 2 aromatic carbocycles. The summed E-state index contributed by atoms with van der Waals surface area (Å²) >= 11 is 0. The Morgan fingerprint density at radius 2 is 1.94 bits per heavy atom. The molecule has 7 heteroatoms. The summed E-state index contributed by atoms with van der Waals surface area (Å²) in [6.07, 6.45) is 3.50. The Labute approximate surface area is 182 Å². The van der Waals surface area contributed by atoms with Crippen LogP contribution in [0.1, 0.15) is 36.5 Å². The third kappa shape index (κ3) is 5.28. The molecule has 0 spiro atoms. The van der Waals surface area contributed by atoms with Crippen molar-refractivity contribution >= 4 is 29.0 Å². The van der Waals surface area contributed by atoms with Crippen molar-refractivity contribution < 1.29 is 9.72 Å². The van der Waals surface area contributed by atoms with Crippen LogP contribution in [0.2, 0.25) is 0 Å². The number of carbonyl (C=O) groups is 1. The van der Waals surface area contributed by atoms with E-state index in [4.69, 9.17) is 0 Å². The average molecular weight is 418 g/mol. The van der Waals surface area contributed by atoms with Crippen LogP contribution in [0.5, 0.6) is 0 Å². The molecule has 1 aliphatic rings. The highest BCUT2D eigenvalue weighted by Gasteiger charge is 2.21. The van der Waals surface area contributed by atoms with E-state index in [0.29, 0.717) is 17.2 Å². The Morgan fingerprint density at radius 3 is 2.58 bits per heavy atom. The third-order valence-corrected chi connectivity index (χ3v) is 5.65. The van der Waals surface area contributed by atoms with Gasteiger partial charge in [-0.1, -0.05) is 19.1 Å². The summed E-state index contributed by atoms with van der Waals surface area (Å²) in [5.41, 5.74) is 3.62. The van der Waals surface area contributed by atoms with E-state index >= 15 is 0 Å². The van der Waals surface area contributed by atoms with Crippen molar-refractivity contribution in [2.45, 2.75) is 33.6 Å². The Balaban J connectivity index is 1.97. The number of amides is 1. The van der Waals surface area contributed by atoms with Gasteiger partial charge >= 0.3 is 0 Å². The number of nitrogens with zero attached hydrogens (tertiary/aromatic N) is 3. The fraction of sp³-hybridized carbons (Fsp3) is 0.333. The van der Waals surface area contributed by atoms with E-state index in [0.717, 1.165) is 42.7 Å². The van der Waals surface area contributed by atoms with E-state index in [-0.39, 0.29) is 11.3 Å². The highest BCUT2D eigenvalue weighted by Crippen LogP contribution is 2.31. The predicted octanol–water partition coefficient (Wildman–Crippen LogP) is 4.99. The average Bonchev–Trinajstić information content (AvgIpc) is 2.75. The molecule has 3 rings (SSSR count). The standard InChI is InChI=1S/C24H26N4O3/c1-16-8-10-27(11-9-16)23-7-6-21(28(30)31)14-19(23)13-20(15-25)24(29)26-22-12-17(2)4-5-18(22)3/h4-7,12-14,16H,8-11H2,1-3H3,(H,26,29)/b20-13+. The fourth-order valence-electron chi connectivity index (χ4n) is 3.67. The maximum atomic E-state index is 12.8. The summed E-state index contributed by atoms with van der Waals surface area (Å²) < 4.78 is 0. The van der Waals surface area contributed by atoms with Gasteiger partial charge in [-0.15, -0.1) is 0 Å². The summed E-state index contributed by atoms with van der Waals surface area (Å²) in [5.74, 6) is 0.0900. The van der Waals surface area contributed by atoms with Gasteiger partial charge in [0.2, 0.25) is 0 Å². The van der Waals surface area contributed by atoms with Gasteiger partial charge in [-0.2, -0.15) is 5.26 Å². The first-order valence-corrected chi connectivity index (χ1v) is 10.3. The van der Waals surface area contributed by atoms with Crippen LogP contribution in [0.25, 0.3) is 6.08 Å². The first-order chi connectivity index (χ1) is 14.8. The molecule has 31 heavy (non-hydrogen) atoms. The molecule has 1 heterocycles. The summed E-state index contributed by atoms with van der Waals surface area (Å²) in [5, 5.41) is 23.7. The summed E-state index contributed by atoms with van der Waals surface area (Å²) in [6, 6.07) is 12.2. The number of carbonyl (C=O) groups excluding carboxylic acids is 1. The van der Waals surface area contributed by atoms with Crippen LogP contribution in [-0.2, 0) is 4.79 Å². The molecule has 1 fully saturated rings. The summed E-state index contributed by atoms with van der Waals surface area (Å²) in [6.45, 7) is 7.66. The number of nitro groups is 1. The summed E-state index contributed by atoms with van der Waals surface area (Å²) in [4.78, 5) is 25.8. The number of rotatable bonds is 5. The molecule has 0 aliphatic carbocycles. The third-order valence-electron chi connectivity index (χ3n) is 5.65. The number of anilines is 2. The topological polar surface area (TPSA) is 99.3 Å². The van der Waals surface area contributed by atoms with Crippen LogP contribution in [0.15, 0.2) is 42.0 Å². The van der Waals surface area contributed by atoms with E-state index in [1.807, 2.05) is 38.1 Å². The lowest BCUT2D eigenvalue weighted by atomic mass is 9.97. The quantitative estimate of drug-likeness (QED) is 0.319. The van der Waals surface area contributed by atoms with Crippen molar-refractivity contribution in [2.24, 2.45) is 5.92 Å². The van der Waals surface area contributed by atoms with Crippen molar-refractivity contribution in [3.05, 3.63) is 68.8 Å². The maximum absolute atomic E-state index is 12.8. The first kappa shape index (κ1) is 22.0. The monoisotopic (exact) mass is 418 g/mol. The Bertz CT molecular complexity index is 1080. The van der Waals surface area contributed by atoms with Gasteiger partial charge in [-0.05, 0) is 61.9 Å². The number of hydrogen-bond donors (Lipinski definition) is 1. The lowest BCUT2D eigenvalue weighted by molar-refractivity contribution is -0.384. The number of nitro benzene ring substituents is 1. The number of aryl methyl sites for hydroxylation is 2. The van der Waals surface area contributed by atoms with E-state index in [1.54, 1.807) is 6.07 Å². The molecule has 0 bridgehead atoms. The van der Waals surface area contributed by atoms with E-state index in [9.17, 15) is 20.2 Å². The normalized spacial score (nSPS) is 14.8. The minimum absolute atomic E-state index is 0.0763. The van der Waals surface area contributed by atoms with Crippen LogP contribution >= 0.6 is 0 Å². The minimum Gasteiger partial charge on any atom is -0.371 e. The van der Waals surface area contributed by atoms with E-state index < -0.39 is 10.8 Å². The van der Waals surface area contributed by atoms with Crippen LogP contribution in [0.3, 0.4) is 0 Å². The molecule has 1 N–H and O–H groups in total. The zero-order valence-electron chi connectivity index (χ0n) is 18.0. The molecule has 0 saturated carbocycles. The van der Waals surface area contributed by atoms with Crippen LogP contribution in [-0.4, -0.2) is 23.9 Å². The van der Waals surface area contributed by atoms with Crippen molar-refractivity contribution in [3.8, 4) is 6.07 Å². The molecule has 0 aromatic heterocycles. The Morgan fingerprint density at radius 1 is 1.23 bits per heavy atom. The fourth-order valence-corrected chi connectivity index (χ4v) is 3.67. The Kier molecular flexibility index (Phi) is 6.71. The van der Waals surface area contributed by atoms with Crippen molar-refractivity contribution in [3.63, 3.8) is 0 Å². The highest BCUT2D eigenvalue weighted by atomic mass is 16.6. The largest absolute Gasteiger partial charge is 0.371 e. The van der Waals surface area contributed by atoms with Crippen molar-refractivity contribution in [1.82, 2.24) is 0 Å². The van der Waals surface area contributed by atoms with Gasteiger partial charge in [0.25, 0.3) is 11.6 Å². The molecule has 0 atom stereocenters. The van der Waals surface area contributed by atoms with Gasteiger partial charge in [0.1, 0.15) is 11.6 Å². The molecule has 0 unspecified atom stereocenters. The molecule has 0 radical (unpaired) electrons. The SMILES string of the molecule is Cc1ccc(C)c(NC(=O)/C(C#N)=C/c2cc([N+](=O)[O-])ccc2N2CCC(C)CC2)c1. The molecule has 1 aliphatic heterocycles. The molecule has 1 saturated heterocycles. The second-order valence-electron chi connectivity index (χ2n) is 8.11. The molecule has 160 valence electrons. The molecular weight excluding hydrogens is 392 g/mol. The number of benzene rings is 2. The number of nitrogens with one attached hydrogen (secondary N) is 1. The lowest BCUT2D eigenvalue weighted by Crippen LogP contribution is -2.33. The van der Waals surface area contributed by atoms with Gasteiger partial charge in [0.05, 0.1) is 4.92 Å². The number of piperidine rings is 1. The zero-order valence-corrected chi connectivity index (χ0v) is 18.0. The maximum Gasteiger partial charge on any atom is 0.270 e. The van der Waals surface area contributed by atoms with Crippen LogP contribution in [0.4, 0.5) is 17.1 Å². The van der Waals surface area contributed by atoms with Gasteiger partial charge in [-0.25, -0.2) is 0 Å². The van der Waals surface area contributed by atoms with Crippen molar-refractivity contribution in [1.29, 1.82) is 5.26 Å². The highest BCUT2D eigenvalue weighted by molar-refractivity contribution is 6.10. The number of nitriles is 1. The van der Waals surface area contributed by atoms with Gasteiger partial charge < -0.3 is 10.2 Å². The van der Waals surface area contributed by atoms with Gasteiger partial charge in [-0.3, -0.25) is 14.9 Å². The second kappa shape index (κ2) is 9.43. The lowest BCUT2D eigenvalue weighted by Gasteiger charge is -2.33. The van der Waals surface area contributed by atoms with E-state index in [1.165, 1.54) is 18.2 Å². The van der Waals surface area contributed by atoms with Gasteiger partial charge in [0.15, 0.2) is 0 Å². The summed E-state index contributed by atoms with van der Waals surface area (Å²) in [7, 11) is 0. The smallest absolute Gasteiger partial charge is 0.270 e. The zero-order chi connectivity index (χ0) is 22.5.